The fourth-order valence-electron chi connectivity index (χ4n) is 3.23. The minimum absolute atomic E-state index is 0. The minimum Gasteiger partial charge on any atom is -0.364 e. The fraction of sp³-hybridized carbons (Fsp3) is 0.333. The van der Waals surface area contributed by atoms with Crippen LogP contribution >= 0.6 is 24.0 Å². The molecular formula is C24H32IN5O. The molecule has 31 heavy (non-hydrogen) atoms. The van der Waals surface area contributed by atoms with Gasteiger partial charge in [-0.05, 0) is 24.5 Å². The van der Waals surface area contributed by atoms with Crippen LogP contribution in [-0.2, 0) is 19.6 Å². The molecule has 2 aromatic carbocycles. The lowest BCUT2D eigenvalue weighted by Crippen LogP contribution is -2.38. The Kier molecular flexibility index (Phi) is 11.7. The summed E-state index contributed by atoms with van der Waals surface area (Å²) in [5.74, 6) is 0.804. The molecule has 0 aliphatic heterocycles. The van der Waals surface area contributed by atoms with Crippen LogP contribution in [0.3, 0.4) is 0 Å². The van der Waals surface area contributed by atoms with Gasteiger partial charge in [-0.3, -0.25) is 4.90 Å². The fourth-order valence-corrected chi connectivity index (χ4v) is 3.23. The van der Waals surface area contributed by atoms with E-state index in [1.165, 1.54) is 11.1 Å². The smallest absolute Gasteiger partial charge is 0.191 e. The number of aromatic nitrogens is 1. The van der Waals surface area contributed by atoms with Crippen molar-refractivity contribution in [3.05, 3.63) is 89.8 Å². The summed E-state index contributed by atoms with van der Waals surface area (Å²) in [6, 6.07) is 23.1. The Hall–Kier alpha value is -2.39. The molecule has 3 rings (SSSR count). The van der Waals surface area contributed by atoms with Crippen LogP contribution in [-0.4, -0.2) is 35.7 Å². The van der Waals surface area contributed by atoms with Crippen molar-refractivity contribution in [3.63, 3.8) is 0 Å². The van der Waals surface area contributed by atoms with Gasteiger partial charge in [-0.25, -0.2) is 4.99 Å². The number of aliphatic imine (C=N–C) groups is 1. The molecule has 166 valence electrons. The molecule has 2 N–H and O–H groups in total. The van der Waals surface area contributed by atoms with E-state index in [-0.39, 0.29) is 24.0 Å². The average molecular weight is 533 g/mol. The number of guanidine groups is 1. The van der Waals surface area contributed by atoms with Gasteiger partial charge in [0, 0.05) is 38.8 Å². The van der Waals surface area contributed by atoms with E-state index in [2.05, 4.69) is 93.3 Å². The normalized spacial score (nSPS) is 11.2. The summed E-state index contributed by atoms with van der Waals surface area (Å²) in [6.45, 7) is 7.11. The Labute approximate surface area is 202 Å². The molecule has 0 radical (unpaired) electrons. The highest BCUT2D eigenvalue weighted by Crippen LogP contribution is 2.10. The topological polar surface area (TPSA) is 65.7 Å². The Morgan fingerprint density at radius 3 is 2.13 bits per heavy atom. The van der Waals surface area contributed by atoms with Crippen LogP contribution in [0.15, 0.2) is 82.5 Å². The van der Waals surface area contributed by atoms with E-state index in [1.54, 1.807) is 6.26 Å². The summed E-state index contributed by atoms with van der Waals surface area (Å²) in [5.41, 5.74) is 3.50. The maximum atomic E-state index is 4.86. The van der Waals surface area contributed by atoms with Crippen LogP contribution in [0.4, 0.5) is 0 Å². The molecule has 0 bridgehead atoms. The van der Waals surface area contributed by atoms with Gasteiger partial charge in [0.15, 0.2) is 5.96 Å². The first-order valence-electron chi connectivity index (χ1n) is 10.5. The van der Waals surface area contributed by atoms with Crippen LogP contribution in [0, 0.1) is 0 Å². The minimum atomic E-state index is 0. The van der Waals surface area contributed by atoms with Gasteiger partial charge in [0.1, 0.15) is 12.0 Å². The first kappa shape index (κ1) is 24.9. The lowest BCUT2D eigenvalue weighted by molar-refractivity contribution is 0.254. The zero-order valence-corrected chi connectivity index (χ0v) is 20.4. The zero-order chi connectivity index (χ0) is 20.9. The lowest BCUT2D eigenvalue weighted by atomic mass is 10.1. The van der Waals surface area contributed by atoms with E-state index in [0.717, 1.165) is 50.8 Å². The average Bonchev–Trinajstić information content (AvgIpc) is 3.30. The van der Waals surface area contributed by atoms with Crippen molar-refractivity contribution in [2.45, 2.75) is 33.0 Å². The van der Waals surface area contributed by atoms with E-state index >= 15 is 0 Å². The van der Waals surface area contributed by atoms with E-state index in [9.17, 15) is 0 Å². The van der Waals surface area contributed by atoms with Gasteiger partial charge in [-0.2, -0.15) is 0 Å². The van der Waals surface area contributed by atoms with Gasteiger partial charge in [-0.15, -0.1) is 24.0 Å². The van der Waals surface area contributed by atoms with E-state index in [1.807, 2.05) is 6.07 Å². The largest absolute Gasteiger partial charge is 0.364 e. The molecule has 0 spiro atoms. The van der Waals surface area contributed by atoms with Crippen LogP contribution in [0.5, 0.6) is 0 Å². The van der Waals surface area contributed by atoms with Gasteiger partial charge in [0.2, 0.25) is 0 Å². The van der Waals surface area contributed by atoms with Gasteiger partial charge < -0.3 is 15.2 Å². The molecule has 0 unspecified atom stereocenters. The Balaban J connectivity index is 0.00000341. The maximum absolute atomic E-state index is 4.86. The molecule has 0 atom stereocenters. The summed E-state index contributed by atoms with van der Waals surface area (Å²) in [5, 5.41) is 10.6. The molecule has 1 aromatic heterocycles. The Bertz CT molecular complexity index is 815. The SMILES string of the molecule is CCNC(=NCc1ccon1)NCCCN(Cc1ccccc1)Cc1ccccc1.I. The van der Waals surface area contributed by atoms with Crippen molar-refractivity contribution in [3.8, 4) is 0 Å². The van der Waals surface area contributed by atoms with Crippen LogP contribution in [0.25, 0.3) is 0 Å². The van der Waals surface area contributed by atoms with Crippen molar-refractivity contribution >= 4 is 29.9 Å². The monoisotopic (exact) mass is 533 g/mol. The highest BCUT2D eigenvalue weighted by atomic mass is 127. The number of benzene rings is 2. The number of hydrogen-bond donors (Lipinski definition) is 2. The third-order valence-corrected chi connectivity index (χ3v) is 4.68. The molecule has 6 nitrogen and oxygen atoms in total. The van der Waals surface area contributed by atoms with Crippen molar-refractivity contribution in [1.82, 2.24) is 20.7 Å². The predicted octanol–water partition coefficient (Wildman–Crippen LogP) is 4.44. The molecule has 7 heteroatoms. The van der Waals surface area contributed by atoms with Crippen molar-refractivity contribution < 1.29 is 4.52 Å². The van der Waals surface area contributed by atoms with E-state index < -0.39 is 0 Å². The second kappa shape index (κ2) is 14.6. The maximum Gasteiger partial charge on any atom is 0.191 e. The van der Waals surface area contributed by atoms with Crippen LogP contribution in [0.1, 0.15) is 30.2 Å². The third-order valence-electron chi connectivity index (χ3n) is 4.68. The molecule has 3 aromatic rings. The summed E-state index contributed by atoms with van der Waals surface area (Å²) < 4.78 is 4.86. The first-order chi connectivity index (χ1) is 14.8. The molecule has 0 saturated carbocycles. The summed E-state index contributed by atoms with van der Waals surface area (Å²) in [6.07, 6.45) is 2.59. The lowest BCUT2D eigenvalue weighted by Gasteiger charge is -2.23. The van der Waals surface area contributed by atoms with Crippen molar-refractivity contribution in [1.29, 1.82) is 0 Å². The number of rotatable bonds is 11. The molecule has 0 amide bonds. The standard InChI is InChI=1S/C24H31N5O.HI/c1-2-25-24(27-18-23-14-17-30-28-23)26-15-9-16-29(19-21-10-5-3-6-11-21)20-22-12-7-4-8-13-22;/h3-8,10-14,17H,2,9,15-16,18-20H2,1H3,(H2,25,26,27);1H. The highest BCUT2D eigenvalue weighted by Gasteiger charge is 2.07. The second-order valence-electron chi connectivity index (χ2n) is 7.15. The second-order valence-corrected chi connectivity index (χ2v) is 7.15. The highest BCUT2D eigenvalue weighted by molar-refractivity contribution is 14.0. The van der Waals surface area contributed by atoms with Crippen molar-refractivity contribution in [2.75, 3.05) is 19.6 Å². The first-order valence-corrected chi connectivity index (χ1v) is 10.5. The summed E-state index contributed by atoms with van der Waals surface area (Å²) >= 11 is 0. The quantitative estimate of drug-likeness (QED) is 0.165. The van der Waals surface area contributed by atoms with E-state index in [0.29, 0.717) is 6.54 Å². The van der Waals surface area contributed by atoms with Crippen LogP contribution in [0.2, 0.25) is 0 Å². The van der Waals surface area contributed by atoms with Crippen molar-refractivity contribution in [2.24, 2.45) is 4.99 Å². The Morgan fingerprint density at radius 2 is 1.58 bits per heavy atom. The van der Waals surface area contributed by atoms with Gasteiger partial charge >= 0.3 is 0 Å². The third kappa shape index (κ3) is 9.52. The molecule has 0 aliphatic carbocycles. The van der Waals surface area contributed by atoms with Gasteiger partial charge in [0.25, 0.3) is 0 Å². The molecule has 0 saturated heterocycles. The molecular weight excluding hydrogens is 501 g/mol. The van der Waals surface area contributed by atoms with Gasteiger partial charge in [-0.1, -0.05) is 65.8 Å². The number of hydrogen-bond acceptors (Lipinski definition) is 4. The van der Waals surface area contributed by atoms with Crippen LogP contribution < -0.4 is 10.6 Å². The summed E-state index contributed by atoms with van der Waals surface area (Å²) in [7, 11) is 0. The Morgan fingerprint density at radius 1 is 0.935 bits per heavy atom. The van der Waals surface area contributed by atoms with Gasteiger partial charge in [0.05, 0.1) is 6.54 Å². The molecule has 1 heterocycles. The summed E-state index contributed by atoms with van der Waals surface area (Å²) in [4.78, 5) is 7.06. The number of halogens is 1. The number of nitrogens with zero attached hydrogens (tertiary/aromatic N) is 3. The molecule has 0 aliphatic rings. The molecule has 0 fully saturated rings. The number of nitrogens with one attached hydrogen (secondary N) is 2. The predicted molar refractivity (Wildman–Crippen MR) is 136 cm³/mol. The zero-order valence-electron chi connectivity index (χ0n) is 18.0. The van der Waals surface area contributed by atoms with E-state index in [4.69, 9.17) is 4.52 Å².